The Bertz CT molecular complexity index is 591. The maximum absolute atomic E-state index is 13.0. The summed E-state index contributed by atoms with van der Waals surface area (Å²) >= 11 is 0. The molecule has 0 atom stereocenters. The minimum absolute atomic E-state index is 0.138. The Morgan fingerprint density at radius 1 is 1.32 bits per heavy atom. The van der Waals surface area contributed by atoms with E-state index in [1.54, 1.807) is 0 Å². The summed E-state index contributed by atoms with van der Waals surface area (Å²) in [6, 6.07) is 2.99. The maximum Gasteiger partial charge on any atom is 0.244 e. The Labute approximate surface area is 111 Å². The summed E-state index contributed by atoms with van der Waals surface area (Å²) < 4.78 is 38.8. The molecule has 2 heterocycles. The summed E-state index contributed by atoms with van der Waals surface area (Å²) in [6.45, 7) is 1.86. The van der Waals surface area contributed by atoms with Gasteiger partial charge in [0.15, 0.2) is 0 Å². The fourth-order valence-corrected chi connectivity index (χ4v) is 3.31. The monoisotopic (exact) mass is 284 g/mol. The first-order chi connectivity index (χ1) is 9.04. The largest absolute Gasteiger partial charge is 0.288 e. The molecule has 1 aromatic rings. The molecule has 1 aliphatic rings. The van der Waals surface area contributed by atoms with Crippen molar-refractivity contribution in [2.24, 2.45) is 0 Å². The third-order valence-corrected chi connectivity index (χ3v) is 4.81. The highest BCUT2D eigenvalue weighted by Gasteiger charge is 2.28. The molecule has 0 unspecified atom stereocenters. The zero-order chi connectivity index (χ0) is 13.9. The molecule has 0 bridgehead atoms. The number of nitriles is 1. The molecule has 0 radical (unpaired) electrons. The fourth-order valence-electron chi connectivity index (χ4n) is 1.91. The predicted molar refractivity (Wildman–Crippen MR) is 65.0 cm³/mol. The van der Waals surface area contributed by atoms with Crippen LogP contribution in [0.1, 0.15) is 0 Å². The molecular formula is C11H13FN4O2S. The van der Waals surface area contributed by atoms with E-state index >= 15 is 0 Å². The van der Waals surface area contributed by atoms with Crippen molar-refractivity contribution in [1.29, 1.82) is 5.26 Å². The molecule has 6 nitrogen and oxygen atoms in total. The van der Waals surface area contributed by atoms with Gasteiger partial charge in [0, 0.05) is 32.4 Å². The molecule has 19 heavy (non-hydrogen) atoms. The first-order valence-corrected chi connectivity index (χ1v) is 7.18. The molecule has 0 aliphatic carbocycles. The zero-order valence-corrected chi connectivity index (χ0v) is 11.0. The van der Waals surface area contributed by atoms with Gasteiger partial charge in [0.2, 0.25) is 10.0 Å². The standard InChI is InChI=1S/C11H13FN4O2S/c12-10-7-11(9-14-8-10)19(17,18)16-5-3-15(2-1-13)4-6-16/h7-9H,2-6H2. The van der Waals surface area contributed by atoms with Crippen LogP contribution >= 0.6 is 0 Å². The van der Waals surface area contributed by atoms with E-state index in [9.17, 15) is 12.8 Å². The number of sulfonamides is 1. The van der Waals surface area contributed by atoms with Crippen LogP contribution in [0.15, 0.2) is 23.4 Å². The van der Waals surface area contributed by atoms with Crippen LogP contribution in [0.5, 0.6) is 0 Å². The van der Waals surface area contributed by atoms with E-state index in [1.807, 2.05) is 11.0 Å². The van der Waals surface area contributed by atoms with E-state index < -0.39 is 15.8 Å². The van der Waals surface area contributed by atoms with Gasteiger partial charge in [0.05, 0.1) is 18.8 Å². The molecule has 1 fully saturated rings. The Balaban J connectivity index is 2.12. The van der Waals surface area contributed by atoms with Crippen LogP contribution in [-0.2, 0) is 10.0 Å². The van der Waals surface area contributed by atoms with Crippen molar-refractivity contribution in [3.05, 3.63) is 24.3 Å². The SMILES string of the molecule is N#CCN1CCN(S(=O)(=O)c2cncc(F)c2)CC1. The summed E-state index contributed by atoms with van der Waals surface area (Å²) in [7, 11) is -3.70. The van der Waals surface area contributed by atoms with Crippen LogP contribution in [0.2, 0.25) is 0 Å². The number of halogens is 1. The normalized spacial score (nSPS) is 18.1. The molecule has 0 N–H and O–H groups in total. The third-order valence-electron chi connectivity index (χ3n) is 2.94. The molecule has 102 valence electrons. The average Bonchev–Trinajstić information content (AvgIpc) is 2.40. The Morgan fingerprint density at radius 2 is 2.00 bits per heavy atom. The van der Waals surface area contributed by atoms with Crippen LogP contribution in [0.25, 0.3) is 0 Å². The second-order valence-corrected chi connectivity index (χ2v) is 6.12. The molecule has 8 heteroatoms. The van der Waals surface area contributed by atoms with E-state index in [4.69, 9.17) is 5.26 Å². The maximum atomic E-state index is 13.0. The van der Waals surface area contributed by atoms with Gasteiger partial charge >= 0.3 is 0 Å². The number of hydrogen-bond donors (Lipinski definition) is 0. The van der Waals surface area contributed by atoms with Gasteiger partial charge in [0.1, 0.15) is 10.7 Å². The number of nitrogens with zero attached hydrogens (tertiary/aromatic N) is 4. The van der Waals surface area contributed by atoms with Crippen LogP contribution in [0.3, 0.4) is 0 Å². The second kappa shape index (κ2) is 5.61. The number of aromatic nitrogens is 1. The van der Waals surface area contributed by atoms with Gasteiger partial charge in [-0.2, -0.15) is 9.57 Å². The summed E-state index contributed by atoms with van der Waals surface area (Å²) in [5.41, 5.74) is 0. The number of pyridine rings is 1. The summed E-state index contributed by atoms with van der Waals surface area (Å²) in [5.74, 6) is -0.677. The Hall–Kier alpha value is -1.56. The molecule has 0 amide bonds. The van der Waals surface area contributed by atoms with Gasteiger partial charge in [0.25, 0.3) is 0 Å². The highest BCUT2D eigenvalue weighted by molar-refractivity contribution is 7.89. The van der Waals surface area contributed by atoms with Crippen LogP contribution in [-0.4, -0.2) is 55.3 Å². The first-order valence-electron chi connectivity index (χ1n) is 5.74. The lowest BCUT2D eigenvalue weighted by Crippen LogP contribution is -2.48. The van der Waals surface area contributed by atoms with Crippen molar-refractivity contribution in [3.63, 3.8) is 0 Å². The molecule has 0 aromatic carbocycles. The Morgan fingerprint density at radius 3 is 2.58 bits per heavy atom. The lowest BCUT2D eigenvalue weighted by atomic mass is 10.4. The summed E-state index contributed by atoms with van der Waals surface area (Å²) in [5, 5.41) is 8.58. The first kappa shape index (κ1) is 13.9. The van der Waals surface area contributed by atoms with Crippen molar-refractivity contribution in [2.45, 2.75) is 4.90 Å². The highest BCUT2D eigenvalue weighted by atomic mass is 32.2. The number of piperazine rings is 1. The van der Waals surface area contributed by atoms with Gasteiger partial charge in [-0.3, -0.25) is 9.88 Å². The van der Waals surface area contributed by atoms with Gasteiger partial charge in [-0.1, -0.05) is 0 Å². The lowest BCUT2D eigenvalue weighted by Gasteiger charge is -2.32. The molecule has 1 aliphatic heterocycles. The molecule has 1 aromatic heterocycles. The van der Waals surface area contributed by atoms with E-state index in [2.05, 4.69) is 4.98 Å². The summed E-state index contributed by atoms with van der Waals surface area (Å²) in [4.78, 5) is 5.29. The molecule has 2 rings (SSSR count). The second-order valence-electron chi connectivity index (χ2n) is 4.18. The van der Waals surface area contributed by atoms with E-state index in [0.717, 1.165) is 18.5 Å². The number of rotatable bonds is 3. The van der Waals surface area contributed by atoms with Crippen molar-refractivity contribution < 1.29 is 12.8 Å². The van der Waals surface area contributed by atoms with E-state index in [-0.39, 0.29) is 11.4 Å². The van der Waals surface area contributed by atoms with Crippen LogP contribution in [0, 0.1) is 17.1 Å². The minimum atomic E-state index is -3.70. The fraction of sp³-hybridized carbons (Fsp3) is 0.455. The van der Waals surface area contributed by atoms with Crippen molar-refractivity contribution >= 4 is 10.0 Å². The van der Waals surface area contributed by atoms with Gasteiger partial charge in [-0.05, 0) is 6.07 Å². The van der Waals surface area contributed by atoms with Gasteiger partial charge < -0.3 is 0 Å². The third kappa shape index (κ3) is 3.07. The minimum Gasteiger partial charge on any atom is -0.288 e. The molecule has 0 saturated carbocycles. The predicted octanol–water partition coefficient (Wildman–Crippen LogP) is 0.0506. The van der Waals surface area contributed by atoms with Crippen molar-refractivity contribution in [1.82, 2.24) is 14.2 Å². The lowest BCUT2D eigenvalue weighted by molar-refractivity contribution is 0.206. The Kier molecular flexibility index (Phi) is 4.09. The molecular weight excluding hydrogens is 271 g/mol. The highest BCUT2D eigenvalue weighted by Crippen LogP contribution is 2.17. The van der Waals surface area contributed by atoms with Gasteiger partial charge in [-0.25, -0.2) is 12.8 Å². The van der Waals surface area contributed by atoms with Crippen molar-refractivity contribution in [3.8, 4) is 6.07 Å². The van der Waals surface area contributed by atoms with E-state index in [1.165, 1.54) is 4.31 Å². The summed E-state index contributed by atoms with van der Waals surface area (Å²) in [6.07, 6.45) is 2.10. The molecule has 0 spiro atoms. The van der Waals surface area contributed by atoms with Gasteiger partial charge in [-0.15, -0.1) is 0 Å². The van der Waals surface area contributed by atoms with Crippen LogP contribution < -0.4 is 0 Å². The molecule has 1 saturated heterocycles. The average molecular weight is 284 g/mol. The smallest absolute Gasteiger partial charge is 0.244 e. The van der Waals surface area contributed by atoms with Crippen LogP contribution in [0.4, 0.5) is 4.39 Å². The number of hydrogen-bond acceptors (Lipinski definition) is 5. The quantitative estimate of drug-likeness (QED) is 0.733. The van der Waals surface area contributed by atoms with E-state index in [0.29, 0.717) is 26.2 Å². The topological polar surface area (TPSA) is 77.3 Å². The zero-order valence-electron chi connectivity index (χ0n) is 10.2. The van der Waals surface area contributed by atoms with Crippen molar-refractivity contribution in [2.75, 3.05) is 32.7 Å².